The first-order valence-electron chi connectivity index (χ1n) is 8.32. The molecule has 0 amide bonds. The number of aryl methyl sites for hydroxylation is 1. The van der Waals surface area contributed by atoms with Crippen molar-refractivity contribution in [2.75, 3.05) is 0 Å². The van der Waals surface area contributed by atoms with E-state index in [2.05, 4.69) is 6.92 Å². The van der Waals surface area contributed by atoms with Crippen LogP contribution in [0.5, 0.6) is 11.5 Å². The summed E-state index contributed by atoms with van der Waals surface area (Å²) in [7, 11) is -4.48. The van der Waals surface area contributed by atoms with Gasteiger partial charge in [0.05, 0.1) is 4.90 Å². The van der Waals surface area contributed by atoms with E-state index in [4.69, 9.17) is 4.74 Å². The van der Waals surface area contributed by atoms with Gasteiger partial charge >= 0.3 is 29.6 Å². The normalized spacial score (nSPS) is 11.0. The van der Waals surface area contributed by atoms with Gasteiger partial charge in [-0.2, -0.15) is 0 Å². The number of hydrogen-bond acceptors (Lipinski definition) is 4. The minimum absolute atomic E-state index is 0. The summed E-state index contributed by atoms with van der Waals surface area (Å²) >= 11 is 0. The molecule has 2 rings (SSSR count). The van der Waals surface area contributed by atoms with Crippen molar-refractivity contribution >= 4 is 10.1 Å². The van der Waals surface area contributed by atoms with Crippen molar-refractivity contribution in [1.29, 1.82) is 0 Å². The molecule has 0 aliphatic heterocycles. The molecule has 130 valence electrons. The third-order valence-electron chi connectivity index (χ3n) is 3.83. The maximum Gasteiger partial charge on any atom is 1.00 e. The monoisotopic (exact) mass is 370 g/mol. The summed E-state index contributed by atoms with van der Waals surface area (Å²) in [4.78, 5) is -0.140. The van der Waals surface area contributed by atoms with Crippen molar-refractivity contribution < 1.29 is 47.3 Å². The summed E-state index contributed by atoms with van der Waals surface area (Å²) < 4.78 is 40.1. The third-order valence-corrected chi connectivity index (χ3v) is 4.77. The molecule has 0 bridgehead atoms. The summed E-state index contributed by atoms with van der Waals surface area (Å²) in [6, 6.07) is 13.8. The van der Waals surface area contributed by atoms with E-state index in [1.807, 2.05) is 30.3 Å². The van der Waals surface area contributed by atoms with E-state index < -0.39 is 10.1 Å². The molecule has 2 aromatic rings. The quantitative estimate of drug-likeness (QED) is 0.384. The minimum atomic E-state index is -4.48. The zero-order chi connectivity index (χ0) is 17.4. The Balaban J connectivity index is 0.00000312. The number of rotatable bonds is 9. The van der Waals surface area contributed by atoms with Crippen LogP contribution >= 0.6 is 0 Å². The third kappa shape index (κ3) is 7.50. The SMILES string of the molecule is CCCCCCCc1cc(Oc2ccccc2)ccc1S(=O)(=O)[O-].[Na+]. The van der Waals surface area contributed by atoms with Crippen LogP contribution in [0.25, 0.3) is 0 Å². The van der Waals surface area contributed by atoms with Crippen molar-refractivity contribution in [2.24, 2.45) is 0 Å². The second-order valence-corrected chi connectivity index (χ2v) is 7.15. The molecule has 0 atom stereocenters. The molecule has 0 spiro atoms. The van der Waals surface area contributed by atoms with E-state index in [0.717, 1.165) is 25.7 Å². The Hall–Kier alpha value is -0.850. The standard InChI is InChI=1S/C19H24O4S.Na/c1-2-3-4-5-7-10-16-15-18(13-14-19(16)24(20,21)22)23-17-11-8-6-9-12-17;/h6,8-9,11-15H,2-5,7,10H2,1H3,(H,20,21,22);/q;+1/p-1. The van der Waals surface area contributed by atoms with Crippen LogP contribution in [0.4, 0.5) is 0 Å². The number of ether oxygens (including phenoxy) is 1. The van der Waals surface area contributed by atoms with Gasteiger partial charge in [0.1, 0.15) is 21.6 Å². The number of benzene rings is 2. The number of unbranched alkanes of at least 4 members (excludes halogenated alkanes) is 4. The molecule has 6 heteroatoms. The summed E-state index contributed by atoms with van der Waals surface area (Å²) in [6.07, 6.45) is 5.89. The van der Waals surface area contributed by atoms with E-state index in [0.29, 0.717) is 23.5 Å². The summed E-state index contributed by atoms with van der Waals surface area (Å²) in [6.45, 7) is 2.15. The fourth-order valence-corrected chi connectivity index (χ4v) is 3.32. The maximum absolute atomic E-state index is 11.5. The molecule has 25 heavy (non-hydrogen) atoms. The van der Waals surface area contributed by atoms with Crippen LogP contribution in [0.15, 0.2) is 53.4 Å². The van der Waals surface area contributed by atoms with Crippen LogP contribution in [0.1, 0.15) is 44.6 Å². The van der Waals surface area contributed by atoms with E-state index in [1.165, 1.54) is 18.6 Å². The van der Waals surface area contributed by atoms with Crippen LogP contribution in [0, 0.1) is 0 Å². The van der Waals surface area contributed by atoms with E-state index in [9.17, 15) is 13.0 Å². The molecular weight excluding hydrogens is 347 g/mol. The molecule has 0 aromatic heterocycles. The van der Waals surface area contributed by atoms with Gasteiger partial charge in [-0.05, 0) is 48.7 Å². The van der Waals surface area contributed by atoms with Gasteiger partial charge in [0, 0.05) is 0 Å². The summed E-state index contributed by atoms with van der Waals surface area (Å²) in [5.74, 6) is 1.21. The van der Waals surface area contributed by atoms with Crippen LogP contribution in [0.2, 0.25) is 0 Å². The van der Waals surface area contributed by atoms with Crippen LogP contribution in [-0.2, 0) is 16.5 Å². The molecule has 0 N–H and O–H groups in total. The largest absolute Gasteiger partial charge is 1.00 e. The predicted octanol–water partition coefficient (Wildman–Crippen LogP) is 1.90. The Morgan fingerprint density at radius 1 is 0.920 bits per heavy atom. The van der Waals surface area contributed by atoms with Crippen molar-refractivity contribution in [3.05, 3.63) is 54.1 Å². The molecule has 0 unspecified atom stereocenters. The van der Waals surface area contributed by atoms with Crippen molar-refractivity contribution in [1.82, 2.24) is 0 Å². The number of para-hydroxylation sites is 1. The summed E-state index contributed by atoms with van der Waals surface area (Å²) in [5, 5.41) is 0. The Labute approximate surface area is 172 Å². The maximum atomic E-state index is 11.5. The van der Waals surface area contributed by atoms with Crippen molar-refractivity contribution in [3.63, 3.8) is 0 Å². The Morgan fingerprint density at radius 3 is 2.24 bits per heavy atom. The average Bonchev–Trinajstić information content (AvgIpc) is 2.55. The van der Waals surface area contributed by atoms with Crippen molar-refractivity contribution in [2.45, 2.75) is 50.3 Å². The Morgan fingerprint density at radius 2 is 1.60 bits per heavy atom. The molecule has 0 aliphatic carbocycles. The Kier molecular flexibility index (Phi) is 9.75. The van der Waals surface area contributed by atoms with Gasteiger partial charge in [-0.25, -0.2) is 8.42 Å². The summed E-state index contributed by atoms with van der Waals surface area (Å²) in [5.41, 5.74) is 0.537. The molecule has 2 aromatic carbocycles. The van der Waals surface area contributed by atoms with Gasteiger partial charge in [-0.1, -0.05) is 50.8 Å². The fourth-order valence-electron chi connectivity index (χ4n) is 2.60. The van der Waals surface area contributed by atoms with Gasteiger partial charge in [0.2, 0.25) is 0 Å². The topological polar surface area (TPSA) is 66.4 Å². The van der Waals surface area contributed by atoms with Crippen LogP contribution < -0.4 is 34.3 Å². The van der Waals surface area contributed by atoms with E-state index >= 15 is 0 Å². The average molecular weight is 370 g/mol. The van der Waals surface area contributed by atoms with Gasteiger partial charge in [-0.3, -0.25) is 0 Å². The van der Waals surface area contributed by atoms with E-state index in [1.54, 1.807) is 6.07 Å². The van der Waals surface area contributed by atoms with Crippen LogP contribution in [0.3, 0.4) is 0 Å². The first-order chi connectivity index (χ1) is 11.5. The zero-order valence-electron chi connectivity index (χ0n) is 14.9. The molecular formula is C19H23NaO4S. The van der Waals surface area contributed by atoms with Gasteiger partial charge in [0.25, 0.3) is 0 Å². The second-order valence-electron chi connectivity index (χ2n) is 5.80. The first-order valence-corrected chi connectivity index (χ1v) is 9.73. The van der Waals surface area contributed by atoms with E-state index in [-0.39, 0.29) is 34.5 Å². The molecule has 0 aliphatic rings. The van der Waals surface area contributed by atoms with Gasteiger partial charge in [0.15, 0.2) is 0 Å². The zero-order valence-corrected chi connectivity index (χ0v) is 17.7. The molecule has 4 nitrogen and oxygen atoms in total. The fraction of sp³-hybridized carbons (Fsp3) is 0.368. The van der Waals surface area contributed by atoms with Gasteiger partial charge in [-0.15, -0.1) is 0 Å². The smallest absolute Gasteiger partial charge is 0.744 e. The van der Waals surface area contributed by atoms with Crippen LogP contribution in [-0.4, -0.2) is 13.0 Å². The molecule has 0 radical (unpaired) electrons. The molecule has 0 saturated heterocycles. The number of hydrogen-bond donors (Lipinski definition) is 0. The first kappa shape index (κ1) is 22.2. The molecule has 0 heterocycles. The van der Waals surface area contributed by atoms with Gasteiger partial charge < -0.3 is 9.29 Å². The molecule has 0 saturated carbocycles. The minimum Gasteiger partial charge on any atom is -0.744 e. The van der Waals surface area contributed by atoms with Crippen molar-refractivity contribution in [3.8, 4) is 11.5 Å². The Bertz CT molecular complexity index is 745. The molecule has 0 fully saturated rings. The predicted molar refractivity (Wildman–Crippen MR) is 93.4 cm³/mol. The second kappa shape index (κ2) is 11.0.